The molecule has 0 aromatic heterocycles. The van der Waals surface area contributed by atoms with Crippen LogP contribution in [0.5, 0.6) is 0 Å². The van der Waals surface area contributed by atoms with Gasteiger partial charge in [-0.25, -0.2) is 0 Å². The zero-order chi connectivity index (χ0) is 9.68. The number of ether oxygens (including phenoxy) is 1. The molecule has 3 heteroatoms. The van der Waals surface area contributed by atoms with Crippen LogP contribution in [0.3, 0.4) is 0 Å². The van der Waals surface area contributed by atoms with E-state index in [-0.39, 0.29) is 0 Å². The van der Waals surface area contributed by atoms with Crippen molar-refractivity contribution >= 4 is 0 Å². The van der Waals surface area contributed by atoms with Crippen molar-refractivity contribution < 1.29 is 4.74 Å². The molecule has 0 radical (unpaired) electrons. The number of nitrogens with zero attached hydrogens (tertiary/aromatic N) is 1. The SMILES string of the molecule is CCC1CNCC1N(C)CCOC. The summed E-state index contributed by atoms with van der Waals surface area (Å²) in [5, 5.41) is 3.45. The Morgan fingerprint density at radius 3 is 2.85 bits per heavy atom. The number of rotatable bonds is 5. The molecule has 1 heterocycles. The molecule has 2 atom stereocenters. The van der Waals surface area contributed by atoms with E-state index in [2.05, 4.69) is 24.2 Å². The average molecular weight is 186 g/mol. The third kappa shape index (κ3) is 2.93. The van der Waals surface area contributed by atoms with Gasteiger partial charge in [0, 0.05) is 26.2 Å². The first kappa shape index (κ1) is 11.0. The van der Waals surface area contributed by atoms with E-state index in [0.717, 1.165) is 25.6 Å². The summed E-state index contributed by atoms with van der Waals surface area (Å²) in [5.74, 6) is 0.821. The number of likely N-dealkylation sites (N-methyl/N-ethyl adjacent to an activating group) is 1. The summed E-state index contributed by atoms with van der Waals surface area (Å²) in [6.45, 7) is 6.47. The fourth-order valence-corrected chi connectivity index (χ4v) is 2.05. The molecule has 1 N–H and O–H groups in total. The normalized spacial score (nSPS) is 28.6. The quantitative estimate of drug-likeness (QED) is 0.679. The van der Waals surface area contributed by atoms with Crippen LogP contribution < -0.4 is 5.32 Å². The van der Waals surface area contributed by atoms with Gasteiger partial charge in [-0.05, 0) is 19.5 Å². The highest BCUT2D eigenvalue weighted by Crippen LogP contribution is 2.17. The Morgan fingerprint density at radius 1 is 1.46 bits per heavy atom. The van der Waals surface area contributed by atoms with E-state index in [0.29, 0.717) is 6.04 Å². The molecule has 3 nitrogen and oxygen atoms in total. The van der Waals surface area contributed by atoms with E-state index in [1.165, 1.54) is 13.0 Å². The molecule has 0 aromatic rings. The summed E-state index contributed by atoms with van der Waals surface area (Å²) in [6.07, 6.45) is 1.27. The second-order valence-corrected chi connectivity index (χ2v) is 3.87. The van der Waals surface area contributed by atoms with Crippen LogP contribution in [0.1, 0.15) is 13.3 Å². The Hall–Kier alpha value is -0.120. The highest BCUT2D eigenvalue weighted by molar-refractivity contribution is 4.86. The molecule has 1 aliphatic rings. The Balaban J connectivity index is 2.31. The molecule has 1 rings (SSSR count). The average Bonchev–Trinajstić information content (AvgIpc) is 2.61. The van der Waals surface area contributed by atoms with Crippen LogP contribution in [0, 0.1) is 5.92 Å². The summed E-state index contributed by atoms with van der Waals surface area (Å²) in [5.41, 5.74) is 0. The molecule has 1 fully saturated rings. The molecular formula is C10H22N2O. The lowest BCUT2D eigenvalue weighted by Gasteiger charge is -2.27. The van der Waals surface area contributed by atoms with Gasteiger partial charge in [-0.3, -0.25) is 4.90 Å². The maximum absolute atomic E-state index is 5.08. The second kappa shape index (κ2) is 5.58. The Morgan fingerprint density at radius 2 is 2.23 bits per heavy atom. The lowest BCUT2D eigenvalue weighted by atomic mass is 10.00. The van der Waals surface area contributed by atoms with Crippen molar-refractivity contribution in [1.82, 2.24) is 10.2 Å². The molecule has 0 saturated carbocycles. The Bertz CT molecular complexity index is 141. The Kier molecular flexibility index (Phi) is 4.70. The molecule has 13 heavy (non-hydrogen) atoms. The van der Waals surface area contributed by atoms with Gasteiger partial charge in [-0.2, -0.15) is 0 Å². The zero-order valence-electron chi connectivity index (χ0n) is 9.05. The Labute approximate surface area is 81.4 Å². The summed E-state index contributed by atoms with van der Waals surface area (Å²) >= 11 is 0. The fourth-order valence-electron chi connectivity index (χ4n) is 2.05. The minimum absolute atomic E-state index is 0.708. The molecule has 0 spiro atoms. The van der Waals surface area contributed by atoms with Crippen molar-refractivity contribution in [2.24, 2.45) is 5.92 Å². The molecule has 0 bridgehead atoms. The van der Waals surface area contributed by atoms with Crippen molar-refractivity contribution in [1.29, 1.82) is 0 Å². The zero-order valence-corrected chi connectivity index (χ0v) is 9.05. The molecule has 1 aliphatic heterocycles. The number of hydrogen-bond donors (Lipinski definition) is 1. The predicted molar refractivity (Wildman–Crippen MR) is 54.9 cm³/mol. The highest BCUT2D eigenvalue weighted by Gasteiger charge is 2.28. The summed E-state index contributed by atoms with van der Waals surface area (Å²) in [6, 6.07) is 0.708. The predicted octanol–water partition coefficient (Wildman–Crippen LogP) is 0.563. The topological polar surface area (TPSA) is 24.5 Å². The van der Waals surface area contributed by atoms with Crippen LogP contribution in [-0.4, -0.2) is 51.3 Å². The molecular weight excluding hydrogens is 164 g/mol. The maximum Gasteiger partial charge on any atom is 0.0589 e. The molecule has 1 saturated heterocycles. The number of nitrogens with one attached hydrogen (secondary N) is 1. The van der Waals surface area contributed by atoms with E-state index in [1.807, 2.05) is 0 Å². The van der Waals surface area contributed by atoms with Gasteiger partial charge in [0.15, 0.2) is 0 Å². The van der Waals surface area contributed by atoms with Gasteiger partial charge >= 0.3 is 0 Å². The largest absolute Gasteiger partial charge is 0.383 e. The standard InChI is InChI=1S/C10H22N2O/c1-4-9-7-11-8-10(9)12(2)5-6-13-3/h9-11H,4-8H2,1-3H3. The molecule has 0 amide bonds. The van der Waals surface area contributed by atoms with Gasteiger partial charge in [0.25, 0.3) is 0 Å². The lowest BCUT2D eigenvalue weighted by molar-refractivity contribution is 0.129. The fraction of sp³-hybridized carbons (Fsp3) is 1.00. The number of methoxy groups -OCH3 is 1. The molecule has 78 valence electrons. The molecule has 0 aliphatic carbocycles. The van der Waals surface area contributed by atoms with E-state index >= 15 is 0 Å². The summed E-state index contributed by atoms with van der Waals surface area (Å²) in [4.78, 5) is 2.41. The second-order valence-electron chi connectivity index (χ2n) is 3.87. The van der Waals surface area contributed by atoms with Crippen molar-refractivity contribution in [2.45, 2.75) is 19.4 Å². The van der Waals surface area contributed by atoms with Gasteiger partial charge in [0.1, 0.15) is 0 Å². The van der Waals surface area contributed by atoms with Crippen molar-refractivity contribution in [3.8, 4) is 0 Å². The first-order valence-corrected chi connectivity index (χ1v) is 5.19. The van der Waals surface area contributed by atoms with Crippen molar-refractivity contribution in [3.63, 3.8) is 0 Å². The van der Waals surface area contributed by atoms with Gasteiger partial charge in [-0.1, -0.05) is 13.3 Å². The minimum Gasteiger partial charge on any atom is -0.383 e. The van der Waals surface area contributed by atoms with Crippen molar-refractivity contribution in [2.75, 3.05) is 40.4 Å². The molecule has 0 aromatic carbocycles. The third-order valence-electron chi connectivity index (χ3n) is 3.04. The lowest BCUT2D eigenvalue weighted by Crippen LogP contribution is -2.39. The van der Waals surface area contributed by atoms with Crippen LogP contribution in [0.25, 0.3) is 0 Å². The monoisotopic (exact) mass is 186 g/mol. The van der Waals surface area contributed by atoms with Gasteiger partial charge in [0.2, 0.25) is 0 Å². The van der Waals surface area contributed by atoms with Gasteiger partial charge < -0.3 is 10.1 Å². The van der Waals surface area contributed by atoms with E-state index in [1.54, 1.807) is 7.11 Å². The number of hydrogen-bond acceptors (Lipinski definition) is 3. The van der Waals surface area contributed by atoms with Crippen LogP contribution in [0.15, 0.2) is 0 Å². The van der Waals surface area contributed by atoms with Crippen LogP contribution in [0.4, 0.5) is 0 Å². The summed E-state index contributed by atoms with van der Waals surface area (Å²) in [7, 11) is 3.96. The van der Waals surface area contributed by atoms with Crippen LogP contribution in [0.2, 0.25) is 0 Å². The maximum atomic E-state index is 5.08. The first-order chi connectivity index (χ1) is 6.29. The van der Waals surface area contributed by atoms with Gasteiger partial charge in [0.05, 0.1) is 6.61 Å². The third-order valence-corrected chi connectivity index (χ3v) is 3.04. The van der Waals surface area contributed by atoms with Gasteiger partial charge in [-0.15, -0.1) is 0 Å². The summed E-state index contributed by atoms with van der Waals surface area (Å²) < 4.78 is 5.08. The van der Waals surface area contributed by atoms with Crippen molar-refractivity contribution in [3.05, 3.63) is 0 Å². The van der Waals surface area contributed by atoms with Crippen LogP contribution >= 0.6 is 0 Å². The van der Waals surface area contributed by atoms with E-state index < -0.39 is 0 Å². The smallest absolute Gasteiger partial charge is 0.0589 e. The highest BCUT2D eigenvalue weighted by atomic mass is 16.5. The van der Waals surface area contributed by atoms with Crippen LogP contribution in [-0.2, 0) is 4.74 Å². The van der Waals surface area contributed by atoms with E-state index in [9.17, 15) is 0 Å². The van der Waals surface area contributed by atoms with E-state index in [4.69, 9.17) is 4.74 Å². The minimum atomic E-state index is 0.708. The molecule has 2 unspecified atom stereocenters. The first-order valence-electron chi connectivity index (χ1n) is 5.19.